The summed E-state index contributed by atoms with van der Waals surface area (Å²) in [6.45, 7) is 0.755. The van der Waals surface area contributed by atoms with E-state index in [9.17, 15) is 0 Å². The third-order valence-corrected chi connectivity index (χ3v) is 4.25. The van der Waals surface area contributed by atoms with Crippen LogP contribution in [0.4, 0.5) is 5.82 Å². The third kappa shape index (κ3) is 3.08. The standard InChI is InChI=1S/C18H19N5/c1-23-17(10-11-20-23)16-8-9-18(22-21-16)19-12-13-2-4-14(5-3-13)15-6-7-15/h2-5,8-11,15H,6-7,12H2,1H3,(H,19,22). The lowest BCUT2D eigenvalue weighted by atomic mass is 10.1. The Labute approximate surface area is 135 Å². The molecule has 2 aromatic heterocycles. The fraction of sp³-hybridized carbons (Fsp3) is 0.278. The summed E-state index contributed by atoms with van der Waals surface area (Å²) in [7, 11) is 1.90. The second-order valence-corrected chi connectivity index (χ2v) is 6.01. The van der Waals surface area contributed by atoms with E-state index in [4.69, 9.17) is 0 Å². The minimum absolute atomic E-state index is 0.755. The molecule has 0 radical (unpaired) electrons. The van der Waals surface area contributed by atoms with Crippen molar-refractivity contribution in [3.05, 3.63) is 59.8 Å². The van der Waals surface area contributed by atoms with Gasteiger partial charge in [0.05, 0.1) is 5.69 Å². The lowest BCUT2D eigenvalue weighted by Gasteiger charge is -2.07. The van der Waals surface area contributed by atoms with Crippen LogP contribution in [0.5, 0.6) is 0 Å². The van der Waals surface area contributed by atoms with Crippen LogP contribution in [-0.2, 0) is 13.6 Å². The molecule has 3 aromatic rings. The van der Waals surface area contributed by atoms with Crippen molar-refractivity contribution in [2.75, 3.05) is 5.32 Å². The molecule has 4 rings (SSSR count). The molecule has 116 valence electrons. The van der Waals surface area contributed by atoms with E-state index in [1.54, 1.807) is 10.9 Å². The van der Waals surface area contributed by atoms with Crippen LogP contribution in [0, 0.1) is 0 Å². The third-order valence-electron chi connectivity index (χ3n) is 4.25. The Morgan fingerprint density at radius 2 is 1.87 bits per heavy atom. The summed E-state index contributed by atoms with van der Waals surface area (Å²) >= 11 is 0. The van der Waals surface area contributed by atoms with Gasteiger partial charge in [0.2, 0.25) is 0 Å². The summed E-state index contributed by atoms with van der Waals surface area (Å²) in [6, 6.07) is 14.7. The highest BCUT2D eigenvalue weighted by molar-refractivity contribution is 5.54. The zero-order valence-corrected chi connectivity index (χ0v) is 13.1. The van der Waals surface area contributed by atoms with E-state index >= 15 is 0 Å². The first-order valence-corrected chi connectivity index (χ1v) is 7.94. The molecule has 0 saturated heterocycles. The minimum Gasteiger partial charge on any atom is -0.365 e. The lowest BCUT2D eigenvalue weighted by Crippen LogP contribution is -2.03. The second kappa shape index (κ2) is 5.83. The first-order valence-electron chi connectivity index (χ1n) is 7.94. The Morgan fingerprint density at radius 1 is 1.04 bits per heavy atom. The van der Waals surface area contributed by atoms with E-state index in [1.165, 1.54) is 24.0 Å². The van der Waals surface area contributed by atoms with Crippen LogP contribution < -0.4 is 5.32 Å². The van der Waals surface area contributed by atoms with Crippen molar-refractivity contribution < 1.29 is 0 Å². The molecule has 1 aliphatic rings. The quantitative estimate of drug-likeness (QED) is 0.785. The summed E-state index contributed by atoms with van der Waals surface area (Å²) in [5.74, 6) is 1.59. The molecule has 1 aromatic carbocycles. The zero-order chi connectivity index (χ0) is 15.6. The molecule has 0 aliphatic heterocycles. The molecule has 1 saturated carbocycles. The maximum atomic E-state index is 4.27. The molecule has 1 aliphatic carbocycles. The Kier molecular flexibility index (Phi) is 3.54. The maximum Gasteiger partial charge on any atom is 0.148 e. The molecular weight excluding hydrogens is 286 g/mol. The van der Waals surface area contributed by atoms with Crippen LogP contribution in [-0.4, -0.2) is 20.0 Å². The van der Waals surface area contributed by atoms with Crippen molar-refractivity contribution in [3.63, 3.8) is 0 Å². The Morgan fingerprint density at radius 3 is 2.48 bits per heavy atom. The monoisotopic (exact) mass is 305 g/mol. The molecule has 0 atom stereocenters. The number of hydrogen-bond acceptors (Lipinski definition) is 4. The van der Waals surface area contributed by atoms with E-state index in [1.807, 2.05) is 25.2 Å². The number of rotatable bonds is 5. The van der Waals surface area contributed by atoms with Gasteiger partial charge in [-0.3, -0.25) is 4.68 Å². The number of nitrogens with zero attached hydrogens (tertiary/aromatic N) is 4. The van der Waals surface area contributed by atoms with E-state index in [0.29, 0.717) is 0 Å². The summed E-state index contributed by atoms with van der Waals surface area (Å²) in [5, 5.41) is 16.0. The predicted molar refractivity (Wildman–Crippen MR) is 90.0 cm³/mol. The van der Waals surface area contributed by atoms with Gasteiger partial charge in [0, 0.05) is 19.8 Å². The number of anilines is 1. The van der Waals surface area contributed by atoms with E-state index in [-0.39, 0.29) is 0 Å². The molecular formula is C18H19N5. The van der Waals surface area contributed by atoms with Gasteiger partial charge in [-0.2, -0.15) is 5.10 Å². The molecule has 1 fully saturated rings. The van der Waals surface area contributed by atoms with Gasteiger partial charge in [-0.1, -0.05) is 24.3 Å². The van der Waals surface area contributed by atoms with Crippen molar-refractivity contribution in [2.45, 2.75) is 25.3 Å². The normalized spacial score (nSPS) is 14.0. The number of benzene rings is 1. The topological polar surface area (TPSA) is 55.6 Å². The number of nitrogens with one attached hydrogen (secondary N) is 1. The molecule has 5 nitrogen and oxygen atoms in total. The van der Waals surface area contributed by atoms with Gasteiger partial charge < -0.3 is 5.32 Å². The van der Waals surface area contributed by atoms with E-state index in [0.717, 1.165) is 29.7 Å². The average Bonchev–Trinajstić information content (AvgIpc) is 3.36. The van der Waals surface area contributed by atoms with Crippen molar-refractivity contribution in [3.8, 4) is 11.4 Å². The fourth-order valence-corrected chi connectivity index (χ4v) is 2.71. The van der Waals surface area contributed by atoms with Crippen molar-refractivity contribution in [1.29, 1.82) is 0 Å². The number of aromatic nitrogens is 4. The second-order valence-electron chi connectivity index (χ2n) is 6.01. The highest BCUT2D eigenvalue weighted by Crippen LogP contribution is 2.39. The number of aryl methyl sites for hydroxylation is 1. The summed E-state index contributed by atoms with van der Waals surface area (Å²) in [5.41, 5.74) is 4.50. The van der Waals surface area contributed by atoms with Crippen molar-refractivity contribution >= 4 is 5.82 Å². The lowest BCUT2D eigenvalue weighted by molar-refractivity contribution is 0.771. The van der Waals surface area contributed by atoms with Crippen molar-refractivity contribution in [2.24, 2.45) is 7.05 Å². The Hall–Kier alpha value is -2.69. The SMILES string of the molecule is Cn1nccc1-c1ccc(NCc2ccc(C3CC3)cc2)nn1. The van der Waals surface area contributed by atoms with Crippen LogP contribution in [0.2, 0.25) is 0 Å². The summed E-state index contributed by atoms with van der Waals surface area (Å²) in [4.78, 5) is 0. The smallest absolute Gasteiger partial charge is 0.148 e. The van der Waals surface area contributed by atoms with Gasteiger partial charge in [-0.05, 0) is 48.1 Å². The van der Waals surface area contributed by atoms with Gasteiger partial charge in [-0.15, -0.1) is 10.2 Å². The Balaban J connectivity index is 1.40. The Bertz CT molecular complexity index is 785. The van der Waals surface area contributed by atoms with Gasteiger partial charge in [-0.25, -0.2) is 0 Å². The van der Waals surface area contributed by atoms with Crippen molar-refractivity contribution in [1.82, 2.24) is 20.0 Å². The molecule has 2 heterocycles. The van der Waals surface area contributed by atoms with E-state index in [2.05, 4.69) is 44.9 Å². The van der Waals surface area contributed by atoms with E-state index < -0.39 is 0 Å². The molecule has 1 N–H and O–H groups in total. The number of hydrogen-bond donors (Lipinski definition) is 1. The highest BCUT2D eigenvalue weighted by Gasteiger charge is 2.22. The summed E-state index contributed by atoms with van der Waals surface area (Å²) in [6.07, 6.45) is 4.45. The average molecular weight is 305 g/mol. The zero-order valence-electron chi connectivity index (χ0n) is 13.1. The molecule has 0 amide bonds. The van der Waals surface area contributed by atoms with Gasteiger partial charge in [0.15, 0.2) is 0 Å². The van der Waals surface area contributed by atoms with Gasteiger partial charge in [0.1, 0.15) is 11.5 Å². The van der Waals surface area contributed by atoms with Crippen LogP contribution in [0.15, 0.2) is 48.7 Å². The minimum atomic E-state index is 0.755. The van der Waals surface area contributed by atoms with Crippen LogP contribution in [0.3, 0.4) is 0 Å². The molecule has 0 unspecified atom stereocenters. The van der Waals surface area contributed by atoms with Gasteiger partial charge in [0.25, 0.3) is 0 Å². The van der Waals surface area contributed by atoms with Crippen LogP contribution in [0.1, 0.15) is 29.9 Å². The fourth-order valence-electron chi connectivity index (χ4n) is 2.71. The molecule has 0 bridgehead atoms. The van der Waals surface area contributed by atoms with Gasteiger partial charge >= 0.3 is 0 Å². The summed E-state index contributed by atoms with van der Waals surface area (Å²) < 4.78 is 1.79. The predicted octanol–water partition coefficient (Wildman–Crippen LogP) is 3.37. The first kappa shape index (κ1) is 13.9. The largest absolute Gasteiger partial charge is 0.365 e. The molecule has 5 heteroatoms. The van der Waals surface area contributed by atoms with Crippen LogP contribution in [0.25, 0.3) is 11.4 Å². The molecule has 23 heavy (non-hydrogen) atoms. The first-order chi connectivity index (χ1) is 11.3. The maximum absolute atomic E-state index is 4.27. The molecule has 0 spiro atoms. The van der Waals surface area contributed by atoms with Crippen LogP contribution >= 0.6 is 0 Å². The highest BCUT2D eigenvalue weighted by atomic mass is 15.3.